The van der Waals surface area contributed by atoms with Gasteiger partial charge in [0, 0.05) is 12.5 Å². The molecule has 0 amide bonds. The molecule has 92 valence electrons. The zero-order chi connectivity index (χ0) is 12.3. The molecule has 0 fully saturated rings. The van der Waals surface area contributed by atoms with Gasteiger partial charge in [0.2, 0.25) is 0 Å². The van der Waals surface area contributed by atoms with E-state index in [2.05, 4.69) is 5.32 Å². The van der Waals surface area contributed by atoms with E-state index < -0.39 is 0 Å². The summed E-state index contributed by atoms with van der Waals surface area (Å²) in [6, 6.07) is 6.72. The summed E-state index contributed by atoms with van der Waals surface area (Å²) < 4.78 is 24.2. The molecule has 0 aliphatic rings. The first-order chi connectivity index (χ1) is 8.26. The molecule has 1 aromatic carbocycles. The van der Waals surface area contributed by atoms with Gasteiger partial charge in [-0.2, -0.15) is 0 Å². The van der Waals surface area contributed by atoms with Crippen molar-refractivity contribution in [2.75, 3.05) is 20.3 Å². The van der Waals surface area contributed by atoms with Gasteiger partial charge in [0.1, 0.15) is 5.76 Å². The number of hydrogen-bond acceptors (Lipinski definition) is 3. The third-order valence-electron chi connectivity index (χ3n) is 2.64. The van der Waals surface area contributed by atoms with E-state index in [0.29, 0.717) is 18.0 Å². The summed E-state index contributed by atoms with van der Waals surface area (Å²) in [6.45, 7) is 3.30. The van der Waals surface area contributed by atoms with Crippen LogP contribution in [-0.2, 0) is 4.74 Å². The molecule has 0 spiro atoms. The van der Waals surface area contributed by atoms with Gasteiger partial charge in [0.05, 0.1) is 12.6 Å². The molecule has 1 aromatic heterocycles. The Bertz CT molecular complexity index is 489. The van der Waals surface area contributed by atoms with Crippen LogP contribution in [0.1, 0.15) is 18.7 Å². The molecule has 0 bridgehead atoms. The molecule has 4 heteroatoms. The minimum absolute atomic E-state index is 0.0446. The van der Waals surface area contributed by atoms with Crippen molar-refractivity contribution in [3.8, 4) is 0 Å². The molecule has 2 aromatic rings. The Morgan fingerprint density at radius 3 is 2.94 bits per heavy atom. The van der Waals surface area contributed by atoms with Crippen LogP contribution in [0, 0.1) is 5.82 Å². The Kier molecular flexibility index (Phi) is 3.76. The molecule has 2 rings (SSSR count). The Balaban J connectivity index is 2.36. The van der Waals surface area contributed by atoms with Gasteiger partial charge >= 0.3 is 0 Å². The first-order valence-electron chi connectivity index (χ1n) is 5.66. The number of likely N-dealkylation sites (N-methyl/N-ethyl adjacent to an activating group) is 1. The summed E-state index contributed by atoms with van der Waals surface area (Å²) in [5, 5.41) is 4.02. The lowest BCUT2D eigenvalue weighted by molar-refractivity contribution is 0.159. The van der Waals surface area contributed by atoms with Gasteiger partial charge in [-0.05, 0) is 18.7 Å². The van der Waals surface area contributed by atoms with Crippen LogP contribution in [0.5, 0.6) is 0 Å². The van der Waals surface area contributed by atoms with Crippen molar-refractivity contribution in [3.63, 3.8) is 0 Å². The molecule has 0 aliphatic carbocycles. The number of fused-ring (bicyclic) bond motifs is 1. The van der Waals surface area contributed by atoms with Gasteiger partial charge in [0.25, 0.3) is 0 Å². The second-order valence-electron chi connectivity index (χ2n) is 3.87. The lowest BCUT2D eigenvalue weighted by atomic mass is 10.2. The monoisotopic (exact) mass is 237 g/mol. The molecular weight excluding hydrogens is 221 g/mol. The predicted octanol–water partition coefficient (Wildman–Crippen LogP) is 2.87. The van der Waals surface area contributed by atoms with Crippen molar-refractivity contribution in [1.82, 2.24) is 5.32 Å². The molecule has 0 radical (unpaired) electrons. The number of benzene rings is 1. The van der Waals surface area contributed by atoms with E-state index in [0.717, 1.165) is 11.9 Å². The highest BCUT2D eigenvalue weighted by molar-refractivity contribution is 5.78. The van der Waals surface area contributed by atoms with Crippen LogP contribution in [0.4, 0.5) is 4.39 Å². The number of furan rings is 1. The van der Waals surface area contributed by atoms with Crippen molar-refractivity contribution in [3.05, 3.63) is 35.8 Å². The first kappa shape index (κ1) is 12.1. The Morgan fingerprint density at radius 2 is 2.29 bits per heavy atom. The van der Waals surface area contributed by atoms with Crippen molar-refractivity contribution in [2.24, 2.45) is 0 Å². The Morgan fingerprint density at radius 1 is 1.47 bits per heavy atom. The van der Waals surface area contributed by atoms with E-state index in [4.69, 9.17) is 9.15 Å². The quantitative estimate of drug-likeness (QED) is 0.868. The molecule has 1 unspecified atom stereocenters. The van der Waals surface area contributed by atoms with Gasteiger partial charge in [-0.3, -0.25) is 0 Å². The van der Waals surface area contributed by atoms with Gasteiger partial charge in [-0.1, -0.05) is 19.1 Å². The van der Waals surface area contributed by atoms with Crippen LogP contribution in [0.3, 0.4) is 0 Å². The normalized spacial score (nSPS) is 13.1. The van der Waals surface area contributed by atoms with Crippen LogP contribution >= 0.6 is 0 Å². The second-order valence-corrected chi connectivity index (χ2v) is 3.87. The maximum atomic E-state index is 13.5. The van der Waals surface area contributed by atoms with Gasteiger partial charge < -0.3 is 14.5 Å². The Hall–Kier alpha value is -1.39. The number of nitrogens with one attached hydrogen (secondary N) is 1. The summed E-state index contributed by atoms with van der Waals surface area (Å²) in [4.78, 5) is 0. The number of methoxy groups -OCH3 is 1. The minimum Gasteiger partial charge on any atom is -0.456 e. The standard InChI is InChI=1S/C13H16FNO2/c1-3-15-11(8-16-2)12-7-9-5-4-6-10(14)13(9)17-12/h4-7,11,15H,3,8H2,1-2H3. The average Bonchev–Trinajstić information content (AvgIpc) is 2.74. The van der Waals surface area contributed by atoms with Crippen LogP contribution in [0.2, 0.25) is 0 Å². The van der Waals surface area contributed by atoms with Crippen LogP contribution in [-0.4, -0.2) is 20.3 Å². The van der Waals surface area contributed by atoms with Gasteiger partial charge in [-0.25, -0.2) is 4.39 Å². The fraction of sp³-hybridized carbons (Fsp3) is 0.385. The van der Waals surface area contributed by atoms with E-state index in [9.17, 15) is 4.39 Å². The SMILES string of the molecule is CCNC(COC)c1cc2cccc(F)c2o1. The molecular formula is C13H16FNO2. The lowest BCUT2D eigenvalue weighted by Gasteiger charge is -2.13. The number of rotatable bonds is 5. The van der Waals surface area contributed by atoms with Crippen molar-refractivity contribution >= 4 is 11.0 Å². The smallest absolute Gasteiger partial charge is 0.169 e. The molecule has 3 nitrogen and oxygen atoms in total. The van der Waals surface area contributed by atoms with E-state index in [1.165, 1.54) is 6.07 Å². The molecule has 1 heterocycles. The maximum Gasteiger partial charge on any atom is 0.169 e. The highest BCUT2D eigenvalue weighted by Crippen LogP contribution is 2.26. The maximum absolute atomic E-state index is 13.5. The summed E-state index contributed by atoms with van der Waals surface area (Å²) in [7, 11) is 1.63. The molecule has 0 saturated heterocycles. The predicted molar refractivity (Wildman–Crippen MR) is 64.5 cm³/mol. The summed E-state index contributed by atoms with van der Waals surface area (Å²) in [5.74, 6) is 0.371. The first-order valence-corrected chi connectivity index (χ1v) is 5.66. The summed E-state index contributed by atoms with van der Waals surface area (Å²) in [5.41, 5.74) is 0.307. The summed E-state index contributed by atoms with van der Waals surface area (Å²) in [6.07, 6.45) is 0. The highest BCUT2D eigenvalue weighted by atomic mass is 19.1. The largest absolute Gasteiger partial charge is 0.456 e. The van der Waals surface area contributed by atoms with Crippen LogP contribution < -0.4 is 5.32 Å². The minimum atomic E-state index is -0.332. The molecule has 1 atom stereocenters. The zero-order valence-electron chi connectivity index (χ0n) is 10.00. The zero-order valence-corrected chi connectivity index (χ0v) is 10.00. The van der Waals surface area contributed by atoms with Crippen molar-refractivity contribution < 1.29 is 13.5 Å². The fourth-order valence-corrected chi connectivity index (χ4v) is 1.87. The molecule has 1 N–H and O–H groups in total. The van der Waals surface area contributed by atoms with E-state index in [1.807, 2.05) is 19.1 Å². The van der Waals surface area contributed by atoms with Gasteiger partial charge in [0.15, 0.2) is 11.4 Å². The van der Waals surface area contributed by atoms with Gasteiger partial charge in [-0.15, -0.1) is 0 Å². The third kappa shape index (κ3) is 2.48. The topological polar surface area (TPSA) is 34.4 Å². The second kappa shape index (κ2) is 5.29. The third-order valence-corrected chi connectivity index (χ3v) is 2.64. The highest BCUT2D eigenvalue weighted by Gasteiger charge is 2.16. The Labute approximate surface area is 99.6 Å². The lowest BCUT2D eigenvalue weighted by Crippen LogP contribution is -2.24. The molecule has 17 heavy (non-hydrogen) atoms. The molecule has 0 aliphatic heterocycles. The number of hydrogen-bond donors (Lipinski definition) is 1. The number of halogens is 1. The van der Waals surface area contributed by atoms with Crippen molar-refractivity contribution in [1.29, 1.82) is 0 Å². The van der Waals surface area contributed by atoms with E-state index in [-0.39, 0.29) is 11.9 Å². The van der Waals surface area contributed by atoms with Crippen LogP contribution in [0.25, 0.3) is 11.0 Å². The van der Waals surface area contributed by atoms with Crippen LogP contribution in [0.15, 0.2) is 28.7 Å². The van der Waals surface area contributed by atoms with Crippen molar-refractivity contribution in [2.45, 2.75) is 13.0 Å². The average molecular weight is 237 g/mol. The number of para-hydroxylation sites is 1. The summed E-state index contributed by atoms with van der Waals surface area (Å²) >= 11 is 0. The molecule has 0 saturated carbocycles. The number of ether oxygens (including phenoxy) is 1. The van der Waals surface area contributed by atoms with E-state index in [1.54, 1.807) is 13.2 Å². The van der Waals surface area contributed by atoms with E-state index >= 15 is 0 Å². The fourth-order valence-electron chi connectivity index (χ4n) is 1.87.